The molecule has 1 atom stereocenters. The van der Waals surface area contributed by atoms with Crippen molar-refractivity contribution in [1.29, 1.82) is 0 Å². The van der Waals surface area contributed by atoms with Gasteiger partial charge < -0.3 is 14.8 Å². The first-order valence-corrected chi connectivity index (χ1v) is 8.12. The van der Waals surface area contributed by atoms with E-state index in [0.29, 0.717) is 5.70 Å². The fraction of sp³-hybridized carbons (Fsp3) is 0.368. The molecule has 26 heavy (non-hydrogen) atoms. The summed E-state index contributed by atoms with van der Waals surface area (Å²) >= 11 is 0. The Bertz CT molecular complexity index is 783. The molecule has 1 aliphatic heterocycles. The summed E-state index contributed by atoms with van der Waals surface area (Å²) in [5.74, 6) is -3.32. The van der Waals surface area contributed by atoms with Gasteiger partial charge in [0.05, 0.1) is 36.0 Å². The van der Waals surface area contributed by atoms with Crippen LogP contribution in [0.4, 0.5) is 8.78 Å². The van der Waals surface area contributed by atoms with Gasteiger partial charge in [0, 0.05) is 11.3 Å². The van der Waals surface area contributed by atoms with Crippen LogP contribution in [0, 0.1) is 5.82 Å². The Morgan fingerprint density at radius 1 is 1.19 bits per heavy atom. The van der Waals surface area contributed by atoms with Gasteiger partial charge in [-0.1, -0.05) is 18.2 Å². The lowest BCUT2D eigenvalue weighted by Gasteiger charge is -2.31. The minimum absolute atomic E-state index is 0.0430. The zero-order valence-corrected chi connectivity index (χ0v) is 15.1. The number of methoxy groups -OCH3 is 1. The van der Waals surface area contributed by atoms with E-state index in [0.717, 1.165) is 7.11 Å². The number of hydrogen-bond donors (Lipinski definition) is 1. The van der Waals surface area contributed by atoms with Crippen LogP contribution in [0.5, 0.6) is 0 Å². The minimum Gasteiger partial charge on any atom is -0.466 e. The Kier molecular flexibility index (Phi) is 6.13. The van der Waals surface area contributed by atoms with Crippen LogP contribution in [-0.2, 0) is 19.1 Å². The molecule has 2 rings (SSSR count). The smallest absolute Gasteiger partial charge is 0.337 e. The number of rotatable bonds is 5. The second kappa shape index (κ2) is 8.12. The van der Waals surface area contributed by atoms with Crippen LogP contribution < -0.4 is 5.32 Å². The summed E-state index contributed by atoms with van der Waals surface area (Å²) in [4.78, 5) is 25.0. The molecule has 1 aromatic carbocycles. The maximum absolute atomic E-state index is 14.5. The zero-order valence-electron chi connectivity index (χ0n) is 15.1. The molecule has 5 nitrogen and oxygen atoms in total. The number of hydrogen-bond acceptors (Lipinski definition) is 5. The van der Waals surface area contributed by atoms with Crippen LogP contribution >= 0.6 is 0 Å². The molecule has 1 heterocycles. The summed E-state index contributed by atoms with van der Waals surface area (Å²) in [6.07, 6.45) is -0.419. The SMILES string of the molecule is COC(=O)C1=C(CF)NC(C)=C(C(=O)OC(C)C)C1c1ccccc1F. The van der Waals surface area contributed by atoms with Crippen molar-refractivity contribution < 1.29 is 27.8 Å². The van der Waals surface area contributed by atoms with Crippen LogP contribution in [0.15, 0.2) is 46.8 Å². The topological polar surface area (TPSA) is 64.6 Å². The average Bonchev–Trinajstić information content (AvgIpc) is 2.59. The Morgan fingerprint density at radius 2 is 1.85 bits per heavy atom. The van der Waals surface area contributed by atoms with E-state index in [1.807, 2.05) is 0 Å². The number of esters is 2. The number of benzene rings is 1. The number of carbonyl (C=O) groups excluding carboxylic acids is 2. The third-order valence-corrected chi connectivity index (χ3v) is 3.96. The monoisotopic (exact) mass is 365 g/mol. The van der Waals surface area contributed by atoms with Crippen molar-refractivity contribution in [1.82, 2.24) is 5.32 Å². The molecule has 1 unspecified atom stereocenters. The van der Waals surface area contributed by atoms with E-state index in [4.69, 9.17) is 9.47 Å². The predicted molar refractivity (Wildman–Crippen MR) is 91.2 cm³/mol. The Hall–Kier alpha value is -2.70. The molecule has 0 radical (unpaired) electrons. The van der Waals surface area contributed by atoms with Crippen LogP contribution in [-0.4, -0.2) is 31.8 Å². The highest BCUT2D eigenvalue weighted by atomic mass is 19.1. The van der Waals surface area contributed by atoms with Crippen molar-refractivity contribution in [2.45, 2.75) is 32.8 Å². The predicted octanol–water partition coefficient (Wildman–Crippen LogP) is 3.13. The van der Waals surface area contributed by atoms with Crippen LogP contribution in [0.25, 0.3) is 0 Å². The van der Waals surface area contributed by atoms with Crippen molar-refractivity contribution in [2.24, 2.45) is 0 Å². The zero-order chi connectivity index (χ0) is 19.4. The second-order valence-corrected chi connectivity index (χ2v) is 6.09. The van der Waals surface area contributed by atoms with Gasteiger partial charge in [0.2, 0.25) is 0 Å². The third-order valence-electron chi connectivity index (χ3n) is 3.96. The molecule has 0 bridgehead atoms. The molecule has 7 heteroatoms. The van der Waals surface area contributed by atoms with E-state index in [1.165, 1.54) is 18.2 Å². The van der Waals surface area contributed by atoms with Crippen molar-refractivity contribution in [3.63, 3.8) is 0 Å². The molecule has 1 aromatic rings. The van der Waals surface area contributed by atoms with E-state index in [1.54, 1.807) is 26.8 Å². The van der Waals surface area contributed by atoms with Gasteiger partial charge in [0.1, 0.15) is 12.5 Å². The average molecular weight is 365 g/mol. The van der Waals surface area contributed by atoms with Crippen molar-refractivity contribution in [3.8, 4) is 0 Å². The molecule has 140 valence electrons. The third kappa shape index (κ3) is 3.76. The van der Waals surface area contributed by atoms with Crippen molar-refractivity contribution >= 4 is 11.9 Å². The molecule has 1 N–H and O–H groups in total. The summed E-state index contributed by atoms with van der Waals surface area (Å²) in [7, 11) is 1.14. The van der Waals surface area contributed by atoms with Crippen LogP contribution in [0.1, 0.15) is 32.3 Å². The van der Waals surface area contributed by atoms with Gasteiger partial charge in [-0.3, -0.25) is 0 Å². The highest BCUT2D eigenvalue weighted by molar-refractivity contribution is 6.00. The number of allylic oxidation sites excluding steroid dienone is 2. The van der Waals surface area contributed by atoms with Crippen LogP contribution in [0.2, 0.25) is 0 Å². The highest BCUT2D eigenvalue weighted by Crippen LogP contribution is 2.40. The molecule has 0 spiro atoms. The summed E-state index contributed by atoms with van der Waals surface area (Å²) in [5.41, 5.74) is 0.186. The molecular weight excluding hydrogens is 344 g/mol. The molecule has 0 saturated heterocycles. The first kappa shape index (κ1) is 19.6. The quantitative estimate of drug-likeness (QED) is 0.812. The molecule has 0 amide bonds. The van der Waals surface area contributed by atoms with Gasteiger partial charge in [0.25, 0.3) is 0 Å². The maximum atomic E-state index is 14.5. The fourth-order valence-electron chi connectivity index (χ4n) is 2.92. The standard InChI is InChI=1S/C19H21F2NO4/c1-10(2)26-19(24)15-11(3)22-14(9-20)17(18(23)25-4)16(15)12-7-5-6-8-13(12)21/h5-8,10,16,22H,9H2,1-4H3. The second-order valence-electron chi connectivity index (χ2n) is 6.09. The Labute approximate surface area is 150 Å². The molecule has 1 aliphatic rings. The van der Waals surface area contributed by atoms with E-state index >= 15 is 0 Å². The Balaban J connectivity index is 2.72. The lowest BCUT2D eigenvalue weighted by molar-refractivity contribution is -0.143. The van der Waals surface area contributed by atoms with Gasteiger partial charge in [-0.15, -0.1) is 0 Å². The van der Waals surface area contributed by atoms with Gasteiger partial charge >= 0.3 is 11.9 Å². The van der Waals surface area contributed by atoms with Crippen LogP contribution in [0.3, 0.4) is 0 Å². The van der Waals surface area contributed by atoms with Crippen molar-refractivity contribution in [2.75, 3.05) is 13.8 Å². The summed E-state index contributed by atoms with van der Waals surface area (Å²) < 4.78 is 38.1. The van der Waals surface area contributed by atoms with E-state index in [2.05, 4.69) is 5.32 Å². The van der Waals surface area contributed by atoms with Crippen molar-refractivity contribution in [3.05, 3.63) is 58.2 Å². The number of ether oxygens (including phenoxy) is 2. The minimum atomic E-state index is -1.14. The molecule has 0 saturated carbocycles. The first-order chi connectivity index (χ1) is 12.3. The van der Waals surface area contributed by atoms with Gasteiger partial charge in [-0.25, -0.2) is 18.4 Å². The number of carbonyl (C=O) groups is 2. The largest absolute Gasteiger partial charge is 0.466 e. The van der Waals surface area contributed by atoms with Gasteiger partial charge in [-0.2, -0.15) is 0 Å². The van der Waals surface area contributed by atoms with E-state index in [9.17, 15) is 18.4 Å². The fourth-order valence-corrected chi connectivity index (χ4v) is 2.92. The lowest BCUT2D eigenvalue weighted by Crippen LogP contribution is -2.34. The normalized spacial score (nSPS) is 17.3. The maximum Gasteiger partial charge on any atom is 0.337 e. The van der Waals surface area contributed by atoms with Gasteiger partial charge in [-0.05, 0) is 26.8 Å². The van der Waals surface area contributed by atoms with E-state index < -0.39 is 36.5 Å². The Morgan fingerprint density at radius 3 is 2.38 bits per heavy atom. The number of halogens is 2. The summed E-state index contributed by atoms with van der Waals surface area (Å²) in [5, 5.41) is 2.71. The van der Waals surface area contributed by atoms with Gasteiger partial charge in [0.15, 0.2) is 0 Å². The molecule has 0 aliphatic carbocycles. The molecule has 0 aromatic heterocycles. The molecular formula is C19H21F2NO4. The number of nitrogens with one attached hydrogen (secondary N) is 1. The molecule has 0 fully saturated rings. The summed E-state index contributed by atoms with van der Waals surface area (Å²) in [6.45, 7) is 3.89. The highest BCUT2D eigenvalue weighted by Gasteiger charge is 2.40. The lowest BCUT2D eigenvalue weighted by atomic mass is 9.80. The summed E-state index contributed by atoms with van der Waals surface area (Å²) in [6, 6.07) is 5.72. The number of alkyl halides is 1. The number of dihydropyridines is 1. The first-order valence-electron chi connectivity index (χ1n) is 8.12. The van der Waals surface area contributed by atoms with E-state index in [-0.39, 0.29) is 22.4 Å².